The van der Waals surface area contributed by atoms with E-state index < -0.39 is 5.41 Å². The molecule has 106 valence electrons. The van der Waals surface area contributed by atoms with Crippen LogP contribution in [-0.4, -0.2) is 32.0 Å². The van der Waals surface area contributed by atoms with Gasteiger partial charge < -0.3 is 5.32 Å². The van der Waals surface area contributed by atoms with Gasteiger partial charge in [-0.15, -0.1) is 16.7 Å². The average Bonchev–Trinajstić information content (AvgIpc) is 2.95. The van der Waals surface area contributed by atoms with Gasteiger partial charge in [-0.05, 0) is 48.9 Å². The van der Waals surface area contributed by atoms with E-state index in [-0.39, 0.29) is 11.8 Å². The molecule has 0 spiro atoms. The van der Waals surface area contributed by atoms with Crippen LogP contribution in [0.3, 0.4) is 0 Å². The first-order valence-electron chi connectivity index (χ1n) is 6.15. The minimum Gasteiger partial charge on any atom is -0.325 e. The van der Waals surface area contributed by atoms with Crippen LogP contribution >= 0.6 is 11.6 Å². The molecule has 0 aliphatic rings. The first-order valence-corrected chi connectivity index (χ1v) is 6.69. The molecule has 0 radical (unpaired) electrons. The molecule has 2 rings (SSSR count). The molecule has 7 heteroatoms. The first kappa shape index (κ1) is 14.5. The molecule has 1 heterocycles. The van der Waals surface area contributed by atoms with Crippen molar-refractivity contribution in [3.8, 4) is 5.69 Å². The van der Waals surface area contributed by atoms with Crippen LogP contribution in [0.25, 0.3) is 5.69 Å². The van der Waals surface area contributed by atoms with Crippen molar-refractivity contribution in [2.24, 2.45) is 5.41 Å². The van der Waals surface area contributed by atoms with Gasteiger partial charge in [0.1, 0.15) is 6.33 Å². The lowest BCUT2D eigenvalue weighted by atomic mass is 9.95. The van der Waals surface area contributed by atoms with Crippen molar-refractivity contribution in [1.82, 2.24) is 20.2 Å². The second-order valence-electron chi connectivity index (χ2n) is 5.23. The number of benzene rings is 1. The Labute approximate surface area is 122 Å². The number of aromatic nitrogens is 4. The van der Waals surface area contributed by atoms with Crippen LogP contribution < -0.4 is 5.32 Å². The number of nitrogens with one attached hydrogen (secondary N) is 1. The molecule has 2 aromatic rings. The van der Waals surface area contributed by atoms with E-state index in [9.17, 15) is 4.79 Å². The van der Waals surface area contributed by atoms with Gasteiger partial charge in [0.15, 0.2) is 0 Å². The number of nitrogens with zero attached hydrogens (tertiary/aromatic N) is 4. The molecule has 0 bridgehead atoms. The fourth-order valence-electron chi connectivity index (χ4n) is 1.52. The number of alkyl halides is 1. The summed E-state index contributed by atoms with van der Waals surface area (Å²) in [7, 11) is 0. The van der Waals surface area contributed by atoms with Gasteiger partial charge in [0.2, 0.25) is 5.91 Å². The molecular formula is C13H16ClN5O. The topological polar surface area (TPSA) is 72.7 Å². The Balaban J connectivity index is 2.28. The summed E-state index contributed by atoms with van der Waals surface area (Å²) >= 11 is 5.82. The fraction of sp³-hybridized carbons (Fsp3) is 0.385. The SMILES string of the molecule is Cc1ccc(-n2cnnn2)cc1NC(=O)C(C)(C)CCl. The number of hydrogen-bond donors (Lipinski definition) is 1. The number of aryl methyl sites for hydroxylation is 1. The van der Waals surface area contributed by atoms with Crippen LogP contribution in [0.2, 0.25) is 0 Å². The van der Waals surface area contributed by atoms with Crippen molar-refractivity contribution in [3.63, 3.8) is 0 Å². The van der Waals surface area contributed by atoms with Crippen LogP contribution in [0, 0.1) is 12.3 Å². The number of hydrogen-bond acceptors (Lipinski definition) is 4. The molecule has 1 aromatic heterocycles. The molecule has 0 unspecified atom stereocenters. The summed E-state index contributed by atoms with van der Waals surface area (Å²) in [5.74, 6) is 0.134. The Hall–Kier alpha value is -1.95. The van der Waals surface area contributed by atoms with Gasteiger partial charge >= 0.3 is 0 Å². The number of halogens is 1. The van der Waals surface area contributed by atoms with Crippen LogP contribution in [0.15, 0.2) is 24.5 Å². The third-order valence-corrected chi connectivity index (χ3v) is 3.70. The van der Waals surface area contributed by atoms with Crippen LogP contribution in [0.4, 0.5) is 5.69 Å². The second kappa shape index (κ2) is 5.58. The zero-order valence-electron chi connectivity index (χ0n) is 11.6. The highest BCUT2D eigenvalue weighted by atomic mass is 35.5. The minimum atomic E-state index is -0.626. The van der Waals surface area contributed by atoms with Gasteiger partial charge in [0.05, 0.1) is 11.1 Å². The Morgan fingerprint density at radius 3 is 2.80 bits per heavy atom. The van der Waals surface area contributed by atoms with E-state index in [1.807, 2.05) is 25.1 Å². The van der Waals surface area contributed by atoms with Gasteiger partial charge in [-0.3, -0.25) is 4.79 Å². The largest absolute Gasteiger partial charge is 0.325 e. The summed E-state index contributed by atoms with van der Waals surface area (Å²) in [6, 6.07) is 5.61. The van der Waals surface area contributed by atoms with Crippen LogP contribution in [0.5, 0.6) is 0 Å². The summed E-state index contributed by atoms with van der Waals surface area (Å²) in [6.07, 6.45) is 1.50. The highest BCUT2D eigenvalue weighted by molar-refractivity contribution is 6.20. The van der Waals surface area contributed by atoms with Crippen molar-refractivity contribution in [3.05, 3.63) is 30.1 Å². The van der Waals surface area contributed by atoms with Gasteiger partial charge in [-0.25, -0.2) is 4.68 Å². The number of tetrazole rings is 1. The number of anilines is 1. The van der Waals surface area contributed by atoms with Crippen molar-refractivity contribution < 1.29 is 4.79 Å². The third-order valence-electron chi connectivity index (χ3n) is 3.03. The molecule has 0 aliphatic carbocycles. The zero-order valence-corrected chi connectivity index (χ0v) is 12.3. The predicted octanol–water partition coefficient (Wildman–Crippen LogP) is 2.17. The Morgan fingerprint density at radius 2 is 2.20 bits per heavy atom. The highest BCUT2D eigenvalue weighted by Gasteiger charge is 2.26. The summed E-state index contributed by atoms with van der Waals surface area (Å²) in [5.41, 5.74) is 1.83. The quantitative estimate of drug-likeness (QED) is 0.877. The van der Waals surface area contributed by atoms with Crippen molar-refractivity contribution in [1.29, 1.82) is 0 Å². The minimum absolute atomic E-state index is 0.121. The van der Waals surface area contributed by atoms with E-state index in [2.05, 4.69) is 20.8 Å². The first-order chi connectivity index (χ1) is 9.44. The van der Waals surface area contributed by atoms with Gasteiger partial charge in [0.25, 0.3) is 0 Å². The maximum Gasteiger partial charge on any atom is 0.231 e. The molecule has 0 saturated heterocycles. The lowest BCUT2D eigenvalue weighted by Gasteiger charge is -2.21. The van der Waals surface area contributed by atoms with Crippen LogP contribution in [0.1, 0.15) is 19.4 Å². The van der Waals surface area contributed by atoms with Gasteiger partial charge in [-0.2, -0.15) is 0 Å². The number of amides is 1. The molecule has 0 aliphatic heterocycles. The second-order valence-corrected chi connectivity index (χ2v) is 5.49. The fourth-order valence-corrected chi connectivity index (χ4v) is 1.64. The van der Waals surface area contributed by atoms with Crippen molar-refractivity contribution >= 4 is 23.2 Å². The molecule has 0 atom stereocenters. The summed E-state index contributed by atoms with van der Waals surface area (Å²) in [5, 5.41) is 13.9. The van der Waals surface area contributed by atoms with Gasteiger partial charge in [0, 0.05) is 11.6 Å². The predicted molar refractivity (Wildman–Crippen MR) is 77.0 cm³/mol. The molecule has 20 heavy (non-hydrogen) atoms. The maximum atomic E-state index is 12.2. The molecule has 0 saturated carbocycles. The lowest BCUT2D eigenvalue weighted by molar-refractivity contribution is -0.122. The average molecular weight is 294 g/mol. The molecule has 1 aromatic carbocycles. The van der Waals surface area contributed by atoms with E-state index in [0.717, 1.165) is 16.9 Å². The summed E-state index contributed by atoms with van der Waals surface area (Å²) in [6.45, 7) is 5.53. The van der Waals surface area contributed by atoms with E-state index in [1.54, 1.807) is 13.8 Å². The number of carbonyl (C=O) groups is 1. The Kier molecular flexibility index (Phi) is 4.04. The van der Waals surface area contributed by atoms with Crippen molar-refractivity contribution in [2.45, 2.75) is 20.8 Å². The van der Waals surface area contributed by atoms with E-state index in [4.69, 9.17) is 11.6 Å². The summed E-state index contributed by atoms with van der Waals surface area (Å²) < 4.78 is 1.53. The molecule has 0 fully saturated rings. The highest BCUT2D eigenvalue weighted by Crippen LogP contribution is 2.23. The lowest BCUT2D eigenvalue weighted by Crippen LogP contribution is -2.32. The molecule has 1 N–H and O–H groups in total. The normalized spacial score (nSPS) is 11.4. The summed E-state index contributed by atoms with van der Waals surface area (Å²) in [4.78, 5) is 12.2. The van der Waals surface area contributed by atoms with Gasteiger partial charge in [-0.1, -0.05) is 6.07 Å². The molecule has 1 amide bonds. The zero-order chi connectivity index (χ0) is 14.8. The maximum absolute atomic E-state index is 12.2. The van der Waals surface area contributed by atoms with Crippen LogP contribution in [-0.2, 0) is 4.79 Å². The Bertz CT molecular complexity index is 609. The number of rotatable bonds is 4. The van der Waals surface area contributed by atoms with E-state index in [0.29, 0.717) is 0 Å². The Morgan fingerprint density at radius 1 is 1.45 bits per heavy atom. The standard InChI is InChI=1S/C13H16ClN5O/c1-9-4-5-10(19-8-15-17-18-19)6-11(9)16-12(20)13(2,3)7-14/h4-6,8H,7H2,1-3H3,(H,16,20). The molecule has 6 nitrogen and oxygen atoms in total. The smallest absolute Gasteiger partial charge is 0.231 e. The van der Waals surface area contributed by atoms with E-state index in [1.165, 1.54) is 11.0 Å². The third kappa shape index (κ3) is 2.96. The molecular weight excluding hydrogens is 278 g/mol. The van der Waals surface area contributed by atoms with Crippen molar-refractivity contribution in [2.75, 3.05) is 11.2 Å². The number of carbonyl (C=O) groups excluding carboxylic acids is 1. The monoisotopic (exact) mass is 293 g/mol. The van der Waals surface area contributed by atoms with E-state index >= 15 is 0 Å².